The molecule has 0 bridgehead atoms. The Bertz CT molecular complexity index is 189. The van der Waals surface area contributed by atoms with Crippen LogP contribution in [-0.2, 0) is 9.63 Å². The topological polar surface area (TPSA) is 38.7 Å². The molecular formula is C10H17NO2. The highest BCUT2D eigenvalue weighted by Gasteiger charge is 2.20. The number of nitrogens with zero attached hydrogens (tertiary/aromatic N) is 1. The van der Waals surface area contributed by atoms with E-state index in [1.165, 1.54) is 13.5 Å². The molecule has 3 heteroatoms. The number of ketones is 1. The van der Waals surface area contributed by atoms with Crippen LogP contribution >= 0.6 is 0 Å². The summed E-state index contributed by atoms with van der Waals surface area (Å²) in [4.78, 5) is 15.9. The molecular weight excluding hydrogens is 166 g/mol. The minimum Gasteiger partial charge on any atom is -0.399 e. The molecule has 0 aromatic heterocycles. The summed E-state index contributed by atoms with van der Waals surface area (Å²) in [5, 5.41) is 3.64. The minimum absolute atomic E-state index is 0.289. The van der Waals surface area contributed by atoms with E-state index in [-0.39, 0.29) is 5.92 Å². The van der Waals surface area contributed by atoms with Crippen molar-refractivity contribution >= 4 is 12.0 Å². The number of rotatable bonds is 4. The van der Waals surface area contributed by atoms with Crippen LogP contribution in [0.2, 0.25) is 0 Å². The van der Waals surface area contributed by atoms with Crippen molar-refractivity contribution in [3.8, 4) is 0 Å². The van der Waals surface area contributed by atoms with E-state index in [0.717, 1.165) is 32.1 Å². The molecule has 0 saturated heterocycles. The fourth-order valence-electron chi connectivity index (χ4n) is 1.76. The number of carbonyl (C=O) groups excluding carboxylic acids is 1. The van der Waals surface area contributed by atoms with Crippen molar-refractivity contribution in [2.45, 2.75) is 38.5 Å². The van der Waals surface area contributed by atoms with Crippen LogP contribution in [0.25, 0.3) is 0 Å². The third-order valence-electron chi connectivity index (χ3n) is 2.51. The Morgan fingerprint density at radius 1 is 1.62 bits per heavy atom. The van der Waals surface area contributed by atoms with Gasteiger partial charge in [-0.15, -0.1) is 0 Å². The molecule has 0 N–H and O–H groups in total. The molecule has 0 amide bonds. The van der Waals surface area contributed by atoms with Crippen LogP contribution in [0.5, 0.6) is 0 Å². The molecule has 1 fully saturated rings. The van der Waals surface area contributed by atoms with Crippen molar-refractivity contribution in [3.05, 3.63) is 0 Å². The summed E-state index contributed by atoms with van der Waals surface area (Å²) >= 11 is 0. The molecule has 13 heavy (non-hydrogen) atoms. The van der Waals surface area contributed by atoms with Gasteiger partial charge in [0.15, 0.2) is 0 Å². The van der Waals surface area contributed by atoms with Crippen molar-refractivity contribution < 1.29 is 9.63 Å². The van der Waals surface area contributed by atoms with Gasteiger partial charge >= 0.3 is 0 Å². The summed E-state index contributed by atoms with van der Waals surface area (Å²) in [6, 6.07) is 0. The summed E-state index contributed by atoms with van der Waals surface area (Å²) in [6.45, 7) is 0. The zero-order valence-electron chi connectivity index (χ0n) is 8.16. The molecule has 1 rings (SSSR count). The second-order valence-electron chi connectivity index (χ2n) is 3.46. The summed E-state index contributed by atoms with van der Waals surface area (Å²) < 4.78 is 0. The molecule has 1 aliphatic rings. The van der Waals surface area contributed by atoms with Gasteiger partial charge in [-0.05, 0) is 25.7 Å². The summed E-state index contributed by atoms with van der Waals surface area (Å²) in [5.74, 6) is 0.731. The van der Waals surface area contributed by atoms with Gasteiger partial charge in [0.05, 0.1) is 0 Å². The molecule has 0 spiro atoms. The van der Waals surface area contributed by atoms with E-state index in [9.17, 15) is 4.79 Å². The van der Waals surface area contributed by atoms with Crippen molar-refractivity contribution in [1.29, 1.82) is 0 Å². The molecule has 0 aromatic rings. The fraction of sp³-hybridized carbons (Fsp3) is 0.800. The highest BCUT2D eigenvalue weighted by molar-refractivity contribution is 5.81. The van der Waals surface area contributed by atoms with E-state index < -0.39 is 0 Å². The molecule has 1 unspecified atom stereocenters. The smallest absolute Gasteiger partial charge is 0.135 e. The Kier molecular flexibility index (Phi) is 4.50. The third kappa shape index (κ3) is 3.57. The second kappa shape index (κ2) is 5.73. The predicted molar refractivity (Wildman–Crippen MR) is 51.7 cm³/mol. The lowest BCUT2D eigenvalue weighted by molar-refractivity contribution is -0.124. The Morgan fingerprint density at radius 3 is 3.15 bits per heavy atom. The van der Waals surface area contributed by atoms with Gasteiger partial charge in [-0.3, -0.25) is 4.79 Å². The van der Waals surface area contributed by atoms with Gasteiger partial charge in [-0.25, -0.2) is 0 Å². The first kappa shape index (κ1) is 10.2. The van der Waals surface area contributed by atoms with Gasteiger partial charge in [0.2, 0.25) is 0 Å². The van der Waals surface area contributed by atoms with E-state index >= 15 is 0 Å². The summed E-state index contributed by atoms with van der Waals surface area (Å²) in [6.07, 6.45) is 7.67. The van der Waals surface area contributed by atoms with Crippen molar-refractivity contribution in [2.24, 2.45) is 11.1 Å². The molecule has 0 aliphatic heterocycles. The first-order chi connectivity index (χ1) is 6.34. The number of oxime groups is 1. The molecule has 1 aliphatic carbocycles. The van der Waals surface area contributed by atoms with E-state index in [0.29, 0.717) is 5.78 Å². The fourth-order valence-corrected chi connectivity index (χ4v) is 1.76. The highest BCUT2D eigenvalue weighted by atomic mass is 16.6. The molecule has 0 aromatic carbocycles. The van der Waals surface area contributed by atoms with E-state index in [1.54, 1.807) is 6.21 Å². The minimum atomic E-state index is 0.289. The monoisotopic (exact) mass is 183 g/mol. The lowest BCUT2D eigenvalue weighted by Gasteiger charge is -2.19. The maximum atomic E-state index is 11.4. The predicted octanol–water partition coefficient (Wildman–Crippen LogP) is 2.16. The quantitative estimate of drug-likeness (QED) is 0.495. The van der Waals surface area contributed by atoms with Gasteiger partial charge in [0.25, 0.3) is 0 Å². The molecule has 74 valence electrons. The number of Topliss-reactive ketones (excluding diaryl/α,β-unsaturated/α-hetero) is 1. The molecule has 1 atom stereocenters. The van der Waals surface area contributed by atoms with Crippen molar-refractivity contribution in [1.82, 2.24) is 0 Å². The first-order valence-corrected chi connectivity index (χ1v) is 4.92. The van der Waals surface area contributed by atoms with Gasteiger partial charge in [-0.1, -0.05) is 11.6 Å². The highest BCUT2D eigenvalue weighted by Crippen LogP contribution is 2.23. The van der Waals surface area contributed by atoms with Crippen LogP contribution in [0.3, 0.4) is 0 Å². The Morgan fingerprint density at radius 2 is 2.46 bits per heavy atom. The maximum absolute atomic E-state index is 11.4. The average Bonchev–Trinajstić information content (AvgIpc) is 2.15. The largest absolute Gasteiger partial charge is 0.399 e. The van der Waals surface area contributed by atoms with Crippen molar-refractivity contribution in [2.75, 3.05) is 7.11 Å². The molecule has 1 saturated carbocycles. The number of hydrogen-bond acceptors (Lipinski definition) is 3. The van der Waals surface area contributed by atoms with Gasteiger partial charge in [0.1, 0.15) is 12.9 Å². The zero-order chi connectivity index (χ0) is 9.52. The van der Waals surface area contributed by atoms with E-state index in [1.807, 2.05) is 0 Å². The van der Waals surface area contributed by atoms with E-state index in [2.05, 4.69) is 9.99 Å². The van der Waals surface area contributed by atoms with Crippen LogP contribution in [0.4, 0.5) is 0 Å². The lowest BCUT2D eigenvalue weighted by Crippen LogP contribution is -2.18. The van der Waals surface area contributed by atoms with Gasteiger partial charge in [0, 0.05) is 18.6 Å². The van der Waals surface area contributed by atoms with Crippen LogP contribution < -0.4 is 0 Å². The lowest BCUT2D eigenvalue weighted by atomic mass is 9.85. The van der Waals surface area contributed by atoms with Crippen LogP contribution in [0.15, 0.2) is 5.16 Å². The third-order valence-corrected chi connectivity index (χ3v) is 2.51. The summed E-state index contributed by atoms with van der Waals surface area (Å²) in [7, 11) is 1.53. The number of hydrogen-bond donors (Lipinski definition) is 0. The molecule has 3 nitrogen and oxygen atoms in total. The Labute approximate surface area is 79.1 Å². The Hall–Kier alpha value is -0.860. The van der Waals surface area contributed by atoms with Crippen LogP contribution in [0, 0.1) is 5.92 Å². The van der Waals surface area contributed by atoms with E-state index in [4.69, 9.17) is 0 Å². The molecule has 0 radical (unpaired) electrons. The maximum Gasteiger partial charge on any atom is 0.135 e. The zero-order valence-corrected chi connectivity index (χ0v) is 8.16. The number of carbonyl (C=O) groups is 1. The molecule has 0 heterocycles. The second-order valence-corrected chi connectivity index (χ2v) is 3.46. The van der Waals surface area contributed by atoms with Gasteiger partial charge < -0.3 is 4.84 Å². The van der Waals surface area contributed by atoms with Crippen LogP contribution in [0.1, 0.15) is 38.5 Å². The van der Waals surface area contributed by atoms with Crippen LogP contribution in [-0.4, -0.2) is 19.1 Å². The normalized spacial score (nSPS) is 23.8. The standard InChI is InChI=1S/C10H17NO2/c1-13-11-8-4-6-9-5-2-3-7-10(9)12/h8-9H,2-7H2,1H3/b11-8+. The SMILES string of the molecule is CO/N=C/CCC1CCCCC1=O. The summed E-state index contributed by atoms with van der Waals surface area (Å²) in [5.41, 5.74) is 0. The first-order valence-electron chi connectivity index (χ1n) is 4.92. The van der Waals surface area contributed by atoms with Crippen molar-refractivity contribution in [3.63, 3.8) is 0 Å². The average molecular weight is 183 g/mol. The Balaban J connectivity index is 2.19. The van der Waals surface area contributed by atoms with Gasteiger partial charge in [-0.2, -0.15) is 0 Å².